The van der Waals surface area contributed by atoms with Crippen LogP contribution in [0.25, 0.3) is 5.69 Å². The zero-order valence-corrected chi connectivity index (χ0v) is 13.1. The molecule has 1 saturated heterocycles. The first-order valence-corrected chi connectivity index (χ1v) is 7.70. The van der Waals surface area contributed by atoms with Gasteiger partial charge in [0.1, 0.15) is 0 Å². The van der Waals surface area contributed by atoms with E-state index < -0.39 is 0 Å². The monoisotopic (exact) mass is 285 g/mol. The summed E-state index contributed by atoms with van der Waals surface area (Å²) in [5, 5.41) is 12.4. The molecule has 0 spiro atoms. The van der Waals surface area contributed by atoms with Crippen molar-refractivity contribution in [2.24, 2.45) is 0 Å². The van der Waals surface area contributed by atoms with Crippen LogP contribution in [-0.4, -0.2) is 38.2 Å². The van der Waals surface area contributed by atoms with Gasteiger partial charge in [0.05, 0.1) is 11.2 Å². The van der Waals surface area contributed by atoms with E-state index in [2.05, 4.69) is 65.5 Å². The molecule has 1 aliphatic rings. The van der Waals surface area contributed by atoms with E-state index in [1.165, 1.54) is 24.8 Å². The van der Waals surface area contributed by atoms with Gasteiger partial charge in [-0.15, -0.1) is 5.10 Å². The molecule has 0 saturated carbocycles. The molecule has 0 unspecified atom stereocenters. The van der Waals surface area contributed by atoms with Crippen LogP contribution >= 0.6 is 0 Å². The zero-order chi connectivity index (χ0) is 14.9. The van der Waals surface area contributed by atoms with Gasteiger partial charge >= 0.3 is 0 Å². The van der Waals surface area contributed by atoms with Crippen LogP contribution in [0.5, 0.6) is 0 Å². The fourth-order valence-corrected chi connectivity index (χ4v) is 3.02. The van der Waals surface area contributed by atoms with Crippen molar-refractivity contribution in [3.8, 4) is 5.69 Å². The molecular formula is C16H23N5. The number of aryl methyl sites for hydroxylation is 1. The average molecular weight is 285 g/mol. The van der Waals surface area contributed by atoms with Gasteiger partial charge in [-0.05, 0) is 69.3 Å². The second kappa shape index (κ2) is 5.56. The van der Waals surface area contributed by atoms with E-state index in [1.807, 2.05) is 4.68 Å². The smallest absolute Gasteiger partial charge is 0.176 e. The Morgan fingerprint density at radius 2 is 1.67 bits per heavy atom. The second-order valence-corrected chi connectivity index (χ2v) is 6.36. The lowest BCUT2D eigenvalue weighted by Gasteiger charge is -2.39. The summed E-state index contributed by atoms with van der Waals surface area (Å²) in [5.41, 5.74) is 2.10. The highest BCUT2D eigenvalue weighted by atomic mass is 15.6. The van der Waals surface area contributed by atoms with Crippen molar-refractivity contribution in [3.05, 3.63) is 35.7 Å². The topological polar surface area (TPSA) is 46.8 Å². The quantitative estimate of drug-likeness (QED) is 0.870. The third kappa shape index (κ3) is 2.70. The molecule has 0 bridgehead atoms. The third-order valence-electron chi connectivity index (χ3n) is 4.44. The van der Waals surface area contributed by atoms with E-state index in [0.29, 0.717) is 0 Å². The maximum absolute atomic E-state index is 4.32. The summed E-state index contributed by atoms with van der Waals surface area (Å²) in [4.78, 5) is 2.49. The Morgan fingerprint density at radius 1 is 1.00 bits per heavy atom. The minimum Gasteiger partial charge on any atom is -0.291 e. The van der Waals surface area contributed by atoms with E-state index in [1.54, 1.807) is 0 Å². The molecule has 5 nitrogen and oxygen atoms in total. The summed E-state index contributed by atoms with van der Waals surface area (Å²) in [5.74, 6) is 0.910. The molecule has 0 amide bonds. The van der Waals surface area contributed by atoms with Crippen LogP contribution in [0.2, 0.25) is 0 Å². The van der Waals surface area contributed by atoms with Crippen molar-refractivity contribution < 1.29 is 0 Å². The van der Waals surface area contributed by atoms with Gasteiger partial charge in [-0.25, -0.2) is 0 Å². The number of aromatic nitrogens is 4. The number of piperidine rings is 1. The van der Waals surface area contributed by atoms with Crippen LogP contribution in [0.3, 0.4) is 0 Å². The molecule has 1 aliphatic heterocycles. The van der Waals surface area contributed by atoms with E-state index in [4.69, 9.17) is 0 Å². The minimum absolute atomic E-state index is 0.158. The molecule has 0 N–H and O–H groups in total. The van der Waals surface area contributed by atoms with E-state index >= 15 is 0 Å². The number of benzene rings is 1. The molecule has 2 aromatic rings. The van der Waals surface area contributed by atoms with Gasteiger partial charge in [0.2, 0.25) is 0 Å². The number of rotatable bonds is 3. The Kier molecular flexibility index (Phi) is 3.76. The van der Waals surface area contributed by atoms with Crippen molar-refractivity contribution in [1.82, 2.24) is 25.1 Å². The summed E-state index contributed by atoms with van der Waals surface area (Å²) >= 11 is 0. The summed E-state index contributed by atoms with van der Waals surface area (Å²) in [6.07, 6.45) is 3.85. The maximum atomic E-state index is 4.32. The van der Waals surface area contributed by atoms with Crippen molar-refractivity contribution in [2.45, 2.75) is 45.6 Å². The predicted molar refractivity (Wildman–Crippen MR) is 82.3 cm³/mol. The lowest BCUT2D eigenvalue weighted by molar-refractivity contribution is 0.0849. The fraction of sp³-hybridized carbons (Fsp3) is 0.562. The molecular weight excluding hydrogens is 262 g/mol. The lowest BCUT2D eigenvalue weighted by atomic mass is 9.97. The first-order valence-electron chi connectivity index (χ1n) is 7.70. The second-order valence-electron chi connectivity index (χ2n) is 6.36. The summed E-state index contributed by atoms with van der Waals surface area (Å²) in [6, 6.07) is 8.33. The first kappa shape index (κ1) is 14.2. The van der Waals surface area contributed by atoms with Gasteiger partial charge in [-0.3, -0.25) is 4.90 Å². The van der Waals surface area contributed by atoms with Gasteiger partial charge in [-0.2, -0.15) is 4.68 Å². The van der Waals surface area contributed by atoms with Crippen LogP contribution in [0.15, 0.2) is 24.3 Å². The molecule has 3 rings (SSSR count). The van der Waals surface area contributed by atoms with Crippen molar-refractivity contribution in [1.29, 1.82) is 0 Å². The molecule has 1 aromatic heterocycles. The van der Waals surface area contributed by atoms with Crippen LogP contribution in [0, 0.1) is 6.92 Å². The Labute approximate surface area is 126 Å². The fourth-order valence-electron chi connectivity index (χ4n) is 3.02. The molecule has 0 aliphatic carbocycles. The van der Waals surface area contributed by atoms with Gasteiger partial charge in [0.15, 0.2) is 5.82 Å². The maximum Gasteiger partial charge on any atom is 0.176 e. The van der Waals surface area contributed by atoms with Gasteiger partial charge in [-0.1, -0.05) is 24.1 Å². The highest BCUT2D eigenvalue weighted by Crippen LogP contribution is 2.29. The van der Waals surface area contributed by atoms with E-state index in [-0.39, 0.29) is 5.54 Å². The number of tetrazole rings is 1. The minimum atomic E-state index is -0.158. The SMILES string of the molecule is Cc1ccc(-n2nnnc2C(C)(C)N2CCCCC2)cc1. The Balaban J connectivity index is 1.95. The first-order chi connectivity index (χ1) is 10.1. The third-order valence-corrected chi connectivity index (χ3v) is 4.44. The van der Waals surface area contributed by atoms with Gasteiger partial charge in [0, 0.05) is 0 Å². The van der Waals surface area contributed by atoms with Crippen LogP contribution in [0.1, 0.15) is 44.5 Å². The number of likely N-dealkylation sites (tertiary alicyclic amines) is 1. The summed E-state index contributed by atoms with van der Waals surface area (Å²) < 4.78 is 1.87. The van der Waals surface area contributed by atoms with Crippen LogP contribution < -0.4 is 0 Å². The average Bonchev–Trinajstić information content (AvgIpc) is 2.99. The van der Waals surface area contributed by atoms with Crippen molar-refractivity contribution in [2.75, 3.05) is 13.1 Å². The number of hydrogen-bond acceptors (Lipinski definition) is 4. The highest BCUT2D eigenvalue weighted by molar-refractivity contribution is 5.34. The van der Waals surface area contributed by atoms with Crippen molar-refractivity contribution in [3.63, 3.8) is 0 Å². The van der Waals surface area contributed by atoms with E-state index in [0.717, 1.165) is 24.6 Å². The standard InChI is InChI=1S/C16H23N5/c1-13-7-9-14(10-8-13)21-15(17-18-19-21)16(2,3)20-11-5-4-6-12-20/h7-10H,4-6,11-12H2,1-3H3. The largest absolute Gasteiger partial charge is 0.291 e. The molecule has 5 heteroatoms. The van der Waals surface area contributed by atoms with E-state index in [9.17, 15) is 0 Å². The molecule has 2 heterocycles. The van der Waals surface area contributed by atoms with Gasteiger partial charge in [0.25, 0.3) is 0 Å². The number of nitrogens with zero attached hydrogens (tertiary/aromatic N) is 5. The Bertz CT molecular complexity index is 593. The normalized spacial score (nSPS) is 17.1. The molecule has 1 fully saturated rings. The van der Waals surface area contributed by atoms with Crippen molar-refractivity contribution >= 4 is 0 Å². The molecule has 0 radical (unpaired) electrons. The Morgan fingerprint density at radius 3 is 2.33 bits per heavy atom. The molecule has 0 atom stereocenters. The Hall–Kier alpha value is -1.75. The van der Waals surface area contributed by atoms with Crippen LogP contribution in [-0.2, 0) is 5.54 Å². The lowest BCUT2D eigenvalue weighted by Crippen LogP contribution is -2.46. The molecule has 112 valence electrons. The van der Waals surface area contributed by atoms with Gasteiger partial charge < -0.3 is 0 Å². The predicted octanol–water partition coefficient (Wildman–Crippen LogP) is 2.69. The summed E-state index contributed by atoms with van der Waals surface area (Å²) in [7, 11) is 0. The molecule has 1 aromatic carbocycles. The summed E-state index contributed by atoms with van der Waals surface area (Å²) in [6.45, 7) is 8.76. The zero-order valence-electron chi connectivity index (χ0n) is 13.1. The molecule has 21 heavy (non-hydrogen) atoms. The van der Waals surface area contributed by atoms with Crippen LogP contribution in [0.4, 0.5) is 0 Å². The highest BCUT2D eigenvalue weighted by Gasteiger charge is 2.35. The number of hydrogen-bond donors (Lipinski definition) is 0.